The van der Waals surface area contributed by atoms with E-state index in [0.717, 1.165) is 16.7 Å². The first-order valence-corrected chi connectivity index (χ1v) is 8.12. The van der Waals surface area contributed by atoms with Crippen LogP contribution < -0.4 is 0 Å². The van der Waals surface area contributed by atoms with Crippen LogP contribution in [0.15, 0.2) is 11.1 Å². The summed E-state index contributed by atoms with van der Waals surface area (Å²) in [5.41, 5.74) is -1.20. The van der Waals surface area contributed by atoms with Crippen LogP contribution in [0.5, 0.6) is 0 Å². The molecule has 130 valence electrons. The van der Waals surface area contributed by atoms with E-state index in [-0.39, 0.29) is 12.2 Å². The third-order valence-corrected chi connectivity index (χ3v) is 4.75. The molecule has 0 radical (unpaired) electrons. The number of aliphatic carboxylic acids is 1. The van der Waals surface area contributed by atoms with Crippen molar-refractivity contribution in [1.29, 1.82) is 0 Å². The molecule has 0 saturated carbocycles. The summed E-state index contributed by atoms with van der Waals surface area (Å²) in [6.45, 7) is 3.75. The van der Waals surface area contributed by atoms with Gasteiger partial charge in [-0.3, -0.25) is 4.79 Å². The molecule has 0 bridgehead atoms. The maximum atomic E-state index is 13.5. The summed E-state index contributed by atoms with van der Waals surface area (Å²) in [6.07, 6.45) is -0.410. The Labute approximate surface area is 137 Å². The van der Waals surface area contributed by atoms with Crippen molar-refractivity contribution >= 4 is 23.6 Å². The lowest BCUT2D eigenvalue weighted by Crippen LogP contribution is -2.48. The highest BCUT2D eigenvalue weighted by atomic mass is 32.2. The molecule has 0 aromatic rings. The van der Waals surface area contributed by atoms with Crippen LogP contribution in [0.25, 0.3) is 0 Å². The molecule has 2 aliphatic heterocycles. The molecule has 1 unspecified atom stereocenters. The zero-order valence-electron chi connectivity index (χ0n) is 13.1. The Morgan fingerprint density at radius 3 is 2.52 bits per heavy atom. The first kappa shape index (κ1) is 18.0. The van der Waals surface area contributed by atoms with Gasteiger partial charge in [0.1, 0.15) is 5.70 Å². The van der Waals surface area contributed by atoms with Crippen molar-refractivity contribution in [2.24, 2.45) is 0 Å². The monoisotopic (exact) mass is 350 g/mol. The number of aliphatic hydroxyl groups is 1. The lowest BCUT2D eigenvalue weighted by Gasteiger charge is -2.33. The Bertz CT molecular complexity index is 547. The van der Waals surface area contributed by atoms with E-state index in [0.29, 0.717) is 0 Å². The minimum absolute atomic E-state index is 0.0362. The molecule has 0 aromatic carbocycles. The number of carbonyl (C=O) groups is 2. The van der Waals surface area contributed by atoms with Gasteiger partial charge in [0.15, 0.2) is 5.37 Å². The number of halogens is 2. The van der Waals surface area contributed by atoms with E-state index in [2.05, 4.69) is 0 Å². The molecule has 0 aromatic heterocycles. The molecule has 2 aliphatic rings. The van der Waals surface area contributed by atoms with Crippen molar-refractivity contribution in [1.82, 2.24) is 9.80 Å². The number of hydrogen-bond donors (Lipinski definition) is 2. The summed E-state index contributed by atoms with van der Waals surface area (Å²) in [6, 6.07) is -0.628. The number of thioether (sulfide) groups is 1. The minimum Gasteiger partial charge on any atom is -0.479 e. The van der Waals surface area contributed by atoms with Crippen LogP contribution >= 0.6 is 11.8 Å². The molecule has 2 heterocycles. The van der Waals surface area contributed by atoms with Crippen LogP contribution in [-0.4, -0.2) is 67.9 Å². The summed E-state index contributed by atoms with van der Waals surface area (Å²) in [5, 5.41) is 19.5. The molecule has 2 rings (SSSR count). The highest BCUT2D eigenvalue weighted by Crippen LogP contribution is 2.37. The Kier molecular flexibility index (Phi) is 4.64. The maximum absolute atomic E-state index is 13.5. The van der Waals surface area contributed by atoms with Gasteiger partial charge in [0.05, 0.1) is 12.1 Å². The number of carbonyl (C=O) groups excluding carboxylic acids is 1. The van der Waals surface area contributed by atoms with Crippen LogP contribution in [0.2, 0.25) is 0 Å². The van der Waals surface area contributed by atoms with Crippen molar-refractivity contribution < 1.29 is 28.6 Å². The number of β-amino-alcohol motifs (C(OH)–C–C–N with tert-alkyl or cyclic N) is 1. The maximum Gasteiger partial charge on any atom is 0.337 e. The van der Waals surface area contributed by atoms with Gasteiger partial charge in [-0.2, -0.15) is 0 Å². The topological polar surface area (TPSA) is 81.1 Å². The lowest BCUT2D eigenvalue weighted by atomic mass is 10.1. The molecule has 6 nitrogen and oxygen atoms in total. The highest BCUT2D eigenvalue weighted by Gasteiger charge is 2.48. The average Bonchev–Trinajstić information content (AvgIpc) is 2.87. The summed E-state index contributed by atoms with van der Waals surface area (Å²) < 4.78 is 27.0. The molecule has 23 heavy (non-hydrogen) atoms. The van der Waals surface area contributed by atoms with Crippen LogP contribution in [0.4, 0.5) is 8.78 Å². The molecule has 9 heteroatoms. The summed E-state index contributed by atoms with van der Waals surface area (Å²) in [5.74, 6) is -4.72. The second kappa shape index (κ2) is 5.94. The van der Waals surface area contributed by atoms with Gasteiger partial charge >= 0.3 is 5.97 Å². The number of amides is 1. The standard InChI is InChI=1S/C14H20F2N2O4S/c1-8-4-14(15,16)7-17(8)10(19)9-5-23-11(12(20)21)18(9)6-13(2,3)22/h5,8,11,22H,4,6-7H2,1-3H3,(H,20,21)/t8?,11-/m0/s1. The van der Waals surface area contributed by atoms with Crippen LogP contribution in [0, 0.1) is 0 Å². The fourth-order valence-corrected chi connectivity index (χ4v) is 3.72. The van der Waals surface area contributed by atoms with E-state index in [1.54, 1.807) is 0 Å². The van der Waals surface area contributed by atoms with Crippen molar-refractivity contribution in [3.63, 3.8) is 0 Å². The molecule has 0 aliphatic carbocycles. The molecular weight excluding hydrogens is 330 g/mol. The average molecular weight is 350 g/mol. The second-order valence-electron chi connectivity index (χ2n) is 6.61. The number of rotatable bonds is 4. The van der Waals surface area contributed by atoms with Gasteiger partial charge < -0.3 is 20.0 Å². The zero-order chi connectivity index (χ0) is 17.6. The van der Waals surface area contributed by atoms with Crippen molar-refractivity contribution in [2.45, 2.75) is 50.1 Å². The van der Waals surface area contributed by atoms with E-state index >= 15 is 0 Å². The number of likely N-dealkylation sites (tertiary alicyclic amines) is 1. The Balaban J connectivity index is 2.23. The third-order valence-electron chi connectivity index (χ3n) is 3.68. The zero-order valence-corrected chi connectivity index (χ0v) is 13.9. The molecule has 1 amide bonds. The molecule has 1 saturated heterocycles. The van der Waals surface area contributed by atoms with Gasteiger partial charge in [-0.25, -0.2) is 13.6 Å². The predicted octanol–water partition coefficient (Wildman–Crippen LogP) is 1.31. The second-order valence-corrected chi connectivity index (χ2v) is 7.57. The van der Waals surface area contributed by atoms with E-state index in [4.69, 9.17) is 0 Å². The minimum atomic E-state index is -2.94. The largest absolute Gasteiger partial charge is 0.479 e. The normalized spacial score (nSPS) is 27.3. The van der Waals surface area contributed by atoms with Gasteiger partial charge in [-0.1, -0.05) is 11.8 Å². The number of nitrogens with zero attached hydrogens (tertiary/aromatic N) is 2. The molecule has 1 fully saturated rings. The van der Waals surface area contributed by atoms with Gasteiger partial charge in [-0.15, -0.1) is 0 Å². The van der Waals surface area contributed by atoms with Gasteiger partial charge in [-0.05, 0) is 20.8 Å². The fourth-order valence-electron chi connectivity index (χ4n) is 2.78. The van der Waals surface area contributed by atoms with Crippen LogP contribution in [0.1, 0.15) is 27.2 Å². The summed E-state index contributed by atoms with van der Waals surface area (Å²) >= 11 is 0.914. The first-order valence-electron chi connectivity index (χ1n) is 7.17. The molecule has 2 atom stereocenters. The van der Waals surface area contributed by atoms with Crippen LogP contribution in [0.3, 0.4) is 0 Å². The van der Waals surface area contributed by atoms with Crippen LogP contribution in [-0.2, 0) is 9.59 Å². The van der Waals surface area contributed by atoms with E-state index in [1.165, 1.54) is 31.1 Å². The van der Waals surface area contributed by atoms with Gasteiger partial charge in [0.25, 0.3) is 11.8 Å². The smallest absolute Gasteiger partial charge is 0.337 e. The Hall–Kier alpha value is -1.35. The third kappa shape index (κ3) is 3.95. The number of alkyl halides is 2. The van der Waals surface area contributed by atoms with E-state index < -0.39 is 47.8 Å². The predicted molar refractivity (Wildman–Crippen MR) is 80.8 cm³/mol. The molecular formula is C14H20F2N2O4S. The summed E-state index contributed by atoms with van der Waals surface area (Å²) in [4.78, 5) is 26.3. The Morgan fingerprint density at radius 2 is 2.09 bits per heavy atom. The first-order chi connectivity index (χ1) is 10.4. The van der Waals surface area contributed by atoms with Gasteiger partial charge in [0, 0.05) is 24.4 Å². The number of hydrogen-bond acceptors (Lipinski definition) is 5. The number of carboxylic acids is 1. The van der Waals surface area contributed by atoms with Crippen molar-refractivity contribution in [3.8, 4) is 0 Å². The molecule has 0 spiro atoms. The molecule has 2 N–H and O–H groups in total. The Morgan fingerprint density at radius 1 is 1.48 bits per heavy atom. The van der Waals surface area contributed by atoms with E-state index in [1.807, 2.05) is 0 Å². The highest BCUT2D eigenvalue weighted by molar-refractivity contribution is 8.03. The van der Waals surface area contributed by atoms with Crippen molar-refractivity contribution in [3.05, 3.63) is 11.1 Å². The SMILES string of the molecule is CC1CC(F)(F)CN1C(=O)C1=CS[C@@H](C(=O)O)N1CC(C)(C)O. The van der Waals surface area contributed by atoms with Crippen molar-refractivity contribution in [2.75, 3.05) is 13.1 Å². The number of carboxylic acid groups (broad SMARTS) is 1. The lowest BCUT2D eigenvalue weighted by molar-refractivity contribution is -0.140. The fraction of sp³-hybridized carbons (Fsp3) is 0.714. The van der Waals surface area contributed by atoms with E-state index in [9.17, 15) is 28.6 Å². The summed E-state index contributed by atoms with van der Waals surface area (Å²) in [7, 11) is 0. The quantitative estimate of drug-likeness (QED) is 0.796. The van der Waals surface area contributed by atoms with Gasteiger partial charge in [0.2, 0.25) is 0 Å².